The molecule has 0 spiro atoms. The molecular formula is C5H2F3NO3S. The number of nitrogens with one attached hydrogen (secondary N) is 1. The van der Waals surface area contributed by atoms with Gasteiger partial charge in [0.05, 0.1) is 0 Å². The van der Waals surface area contributed by atoms with E-state index >= 15 is 0 Å². The van der Waals surface area contributed by atoms with Crippen molar-refractivity contribution < 1.29 is 22.7 Å². The summed E-state index contributed by atoms with van der Waals surface area (Å²) in [5, 5.41) is -0.771. The number of ether oxygens (including phenoxy) is 1. The molecular weight excluding hydrogens is 211 g/mol. The Morgan fingerprint density at radius 1 is 1.46 bits per heavy atom. The van der Waals surface area contributed by atoms with Gasteiger partial charge in [-0.3, -0.25) is 9.59 Å². The number of aromatic nitrogens is 1. The standard InChI is InChI=1S/C5H2F3NO3S/c6-5(7,8)2-3(12-1-10)13-4(11)9-2/h1H,(H,9,11). The van der Waals surface area contributed by atoms with Gasteiger partial charge in [0.15, 0.2) is 5.69 Å². The molecule has 8 heteroatoms. The Hall–Kier alpha value is -1.31. The van der Waals surface area contributed by atoms with Crippen molar-refractivity contribution in [1.82, 2.24) is 4.98 Å². The number of aromatic amines is 1. The third kappa shape index (κ3) is 2.08. The van der Waals surface area contributed by atoms with Crippen LogP contribution in [0.4, 0.5) is 13.2 Å². The van der Waals surface area contributed by atoms with E-state index in [0.29, 0.717) is 0 Å². The molecule has 0 radical (unpaired) electrons. The molecule has 72 valence electrons. The van der Waals surface area contributed by atoms with Crippen LogP contribution in [0.5, 0.6) is 5.06 Å². The van der Waals surface area contributed by atoms with Crippen molar-refractivity contribution in [2.75, 3.05) is 0 Å². The fraction of sp³-hybridized carbons (Fsp3) is 0.200. The number of alkyl halides is 3. The first-order valence-corrected chi connectivity index (χ1v) is 3.67. The summed E-state index contributed by atoms with van der Waals surface area (Å²) in [6.45, 7) is -0.172. The van der Waals surface area contributed by atoms with Gasteiger partial charge >= 0.3 is 11.0 Å². The molecule has 0 fully saturated rings. The average molecular weight is 213 g/mol. The minimum Gasteiger partial charge on any atom is -0.415 e. The first-order valence-electron chi connectivity index (χ1n) is 2.85. The van der Waals surface area contributed by atoms with Crippen LogP contribution in [0.15, 0.2) is 4.79 Å². The van der Waals surface area contributed by atoms with Crippen molar-refractivity contribution in [1.29, 1.82) is 0 Å². The maximum Gasteiger partial charge on any atom is 0.435 e. The van der Waals surface area contributed by atoms with Crippen LogP contribution in [0, 0.1) is 0 Å². The number of thiazole rings is 1. The second kappa shape index (κ2) is 3.21. The number of hydrogen-bond donors (Lipinski definition) is 1. The van der Waals surface area contributed by atoms with Gasteiger partial charge in [-0.1, -0.05) is 0 Å². The number of carbonyl (C=O) groups is 1. The van der Waals surface area contributed by atoms with Crippen LogP contribution in [-0.4, -0.2) is 11.5 Å². The van der Waals surface area contributed by atoms with Crippen LogP contribution in [-0.2, 0) is 11.0 Å². The van der Waals surface area contributed by atoms with Gasteiger partial charge in [-0.05, 0) is 11.3 Å². The molecule has 0 aliphatic heterocycles. The Balaban J connectivity index is 3.19. The van der Waals surface area contributed by atoms with E-state index in [0.717, 1.165) is 0 Å². The minimum absolute atomic E-state index is 0.172. The molecule has 1 heterocycles. The SMILES string of the molecule is O=COc1sc(=O)[nH]c1C(F)(F)F. The third-order valence-corrected chi connectivity index (χ3v) is 1.83. The summed E-state index contributed by atoms with van der Waals surface area (Å²) in [6.07, 6.45) is -4.72. The minimum atomic E-state index is -4.72. The van der Waals surface area contributed by atoms with Crippen LogP contribution in [0.1, 0.15) is 5.69 Å². The van der Waals surface area contributed by atoms with Crippen molar-refractivity contribution in [3.63, 3.8) is 0 Å². The Labute approximate surface area is 73.0 Å². The van der Waals surface area contributed by atoms with E-state index in [4.69, 9.17) is 0 Å². The Morgan fingerprint density at radius 3 is 2.54 bits per heavy atom. The van der Waals surface area contributed by atoms with Crippen LogP contribution in [0.25, 0.3) is 0 Å². The number of carbonyl (C=O) groups excluding carboxylic acids is 1. The molecule has 0 aliphatic rings. The van der Waals surface area contributed by atoms with Gasteiger partial charge in [-0.15, -0.1) is 0 Å². The van der Waals surface area contributed by atoms with E-state index < -0.39 is 21.8 Å². The van der Waals surface area contributed by atoms with Gasteiger partial charge in [-0.25, -0.2) is 0 Å². The molecule has 0 atom stereocenters. The highest BCUT2D eigenvalue weighted by Gasteiger charge is 2.37. The Bertz CT molecular complexity index is 366. The van der Waals surface area contributed by atoms with E-state index in [1.165, 1.54) is 4.98 Å². The second-order valence-corrected chi connectivity index (χ2v) is 2.83. The highest BCUT2D eigenvalue weighted by Crippen LogP contribution is 2.35. The largest absolute Gasteiger partial charge is 0.435 e. The molecule has 0 saturated heterocycles. The smallest absolute Gasteiger partial charge is 0.415 e. The highest BCUT2D eigenvalue weighted by atomic mass is 32.1. The van der Waals surface area contributed by atoms with Crippen molar-refractivity contribution in [3.8, 4) is 5.06 Å². The molecule has 0 bridgehead atoms. The van der Waals surface area contributed by atoms with Gasteiger partial charge in [0.2, 0.25) is 5.06 Å². The lowest BCUT2D eigenvalue weighted by atomic mass is 10.5. The molecule has 0 aliphatic carbocycles. The lowest BCUT2D eigenvalue weighted by Crippen LogP contribution is -2.09. The summed E-state index contributed by atoms with van der Waals surface area (Å²) < 4.78 is 40.0. The molecule has 0 unspecified atom stereocenters. The van der Waals surface area contributed by atoms with Crippen LogP contribution < -0.4 is 9.61 Å². The molecule has 0 aromatic carbocycles. The normalized spacial score (nSPS) is 11.3. The summed E-state index contributed by atoms with van der Waals surface area (Å²) in [7, 11) is 0. The number of H-pyrrole nitrogens is 1. The second-order valence-electron chi connectivity index (χ2n) is 1.89. The first-order chi connectivity index (χ1) is 5.95. The first kappa shape index (κ1) is 9.78. The molecule has 1 aromatic rings. The molecule has 0 amide bonds. The van der Waals surface area contributed by atoms with E-state index in [2.05, 4.69) is 4.74 Å². The molecule has 1 N–H and O–H groups in total. The van der Waals surface area contributed by atoms with Crippen molar-refractivity contribution in [2.45, 2.75) is 6.18 Å². The predicted molar refractivity (Wildman–Crippen MR) is 36.6 cm³/mol. The van der Waals surface area contributed by atoms with E-state index in [1.54, 1.807) is 0 Å². The zero-order chi connectivity index (χ0) is 10.1. The number of rotatable bonds is 2. The lowest BCUT2D eigenvalue weighted by molar-refractivity contribution is -0.142. The Kier molecular flexibility index (Phi) is 2.41. The fourth-order valence-electron chi connectivity index (χ4n) is 0.627. The van der Waals surface area contributed by atoms with Crippen LogP contribution >= 0.6 is 11.3 Å². The molecule has 0 saturated carbocycles. The topological polar surface area (TPSA) is 59.2 Å². The van der Waals surface area contributed by atoms with Gasteiger partial charge < -0.3 is 9.72 Å². The van der Waals surface area contributed by atoms with Gasteiger partial charge in [-0.2, -0.15) is 13.2 Å². The van der Waals surface area contributed by atoms with Gasteiger partial charge in [0.25, 0.3) is 6.47 Å². The maximum atomic E-state index is 12.0. The molecule has 13 heavy (non-hydrogen) atoms. The summed E-state index contributed by atoms with van der Waals surface area (Å²) in [5.41, 5.74) is -1.34. The molecule has 4 nitrogen and oxygen atoms in total. The quantitative estimate of drug-likeness (QED) is 0.745. The Morgan fingerprint density at radius 2 is 2.08 bits per heavy atom. The monoisotopic (exact) mass is 213 g/mol. The average Bonchev–Trinajstić information content (AvgIpc) is 2.30. The summed E-state index contributed by atoms with van der Waals surface area (Å²) in [4.78, 5) is 20.9. The summed E-state index contributed by atoms with van der Waals surface area (Å²) in [5.74, 6) is 0. The third-order valence-electron chi connectivity index (χ3n) is 1.06. The molecule has 1 rings (SSSR count). The zero-order valence-electron chi connectivity index (χ0n) is 5.84. The fourth-order valence-corrected chi connectivity index (χ4v) is 1.30. The lowest BCUT2D eigenvalue weighted by Gasteiger charge is -2.03. The van der Waals surface area contributed by atoms with Crippen molar-refractivity contribution in [3.05, 3.63) is 15.4 Å². The van der Waals surface area contributed by atoms with Crippen molar-refractivity contribution in [2.24, 2.45) is 0 Å². The zero-order valence-corrected chi connectivity index (χ0v) is 6.66. The van der Waals surface area contributed by atoms with Crippen LogP contribution in [0.2, 0.25) is 0 Å². The number of hydrogen-bond acceptors (Lipinski definition) is 4. The number of halogens is 3. The maximum absolute atomic E-state index is 12.0. The van der Waals surface area contributed by atoms with E-state index in [1.807, 2.05) is 0 Å². The van der Waals surface area contributed by atoms with Crippen LogP contribution in [0.3, 0.4) is 0 Å². The summed E-state index contributed by atoms with van der Waals surface area (Å²) in [6, 6.07) is 0. The predicted octanol–water partition coefficient (Wildman–Crippen LogP) is 0.990. The molecule has 1 aromatic heterocycles. The summed E-state index contributed by atoms with van der Waals surface area (Å²) >= 11 is 0.181. The highest BCUT2D eigenvalue weighted by molar-refractivity contribution is 7.11. The van der Waals surface area contributed by atoms with E-state index in [-0.39, 0.29) is 17.8 Å². The van der Waals surface area contributed by atoms with E-state index in [9.17, 15) is 22.8 Å². The van der Waals surface area contributed by atoms with Gasteiger partial charge in [0.1, 0.15) is 0 Å². The van der Waals surface area contributed by atoms with Crippen molar-refractivity contribution >= 4 is 17.8 Å². The van der Waals surface area contributed by atoms with Gasteiger partial charge in [0, 0.05) is 0 Å².